The van der Waals surface area contributed by atoms with Gasteiger partial charge in [-0.2, -0.15) is 0 Å². The van der Waals surface area contributed by atoms with Gasteiger partial charge < -0.3 is 9.88 Å². The first-order valence-corrected chi connectivity index (χ1v) is 10.0. The number of carbonyl (C=O) groups excluding carboxylic acids is 1. The maximum absolute atomic E-state index is 13.2. The van der Waals surface area contributed by atoms with Crippen LogP contribution in [0.15, 0.2) is 40.9 Å². The van der Waals surface area contributed by atoms with E-state index in [-0.39, 0.29) is 10.9 Å². The largest absolute Gasteiger partial charge is 0.325 e. The van der Waals surface area contributed by atoms with Crippen molar-refractivity contribution in [3.63, 3.8) is 0 Å². The molecule has 9 heteroatoms. The van der Waals surface area contributed by atoms with E-state index >= 15 is 0 Å². The van der Waals surface area contributed by atoms with Gasteiger partial charge in [-0.15, -0.1) is 21.5 Å². The van der Waals surface area contributed by atoms with Gasteiger partial charge in [0.05, 0.1) is 15.1 Å². The van der Waals surface area contributed by atoms with Crippen molar-refractivity contribution in [2.75, 3.05) is 5.32 Å². The molecule has 2 heterocycles. The summed E-state index contributed by atoms with van der Waals surface area (Å²) in [7, 11) is 0. The minimum atomic E-state index is -0.524. The Labute approximate surface area is 163 Å². The summed E-state index contributed by atoms with van der Waals surface area (Å²) in [6, 6.07) is 8.03. The zero-order valence-electron chi connectivity index (χ0n) is 14.1. The van der Waals surface area contributed by atoms with Crippen molar-refractivity contribution in [1.29, 1.82) is 0 Å². The molecule has 0 unspecified atom stereocenters. The third-order valence-corrected chi connectivity index (χ3v) is 5.85. The fourth-order valence-corrected chi connectivity index (χ4v) is 4.09. The number of nitrogens with zero attached hydrogens (tertiary/aromatic N) is 3. The van der Waals surface area contributed by atoms with Gasteiger partial charge in [-0.3, -0.25) is 4.79 Å². The normalized spacial score (nSPS) is 12.2. The number of hydrogen-bond donors (Lipinski definition) is 1. The van der Waals surface area contributed by atoms with Crippen LogP contribution in [0.1, 0.15) is 13.8 Å². The second-order valence-corrected chi connectivity index (χ2v) is 8.07. The van der Waals surface area contributed by atoms with Crippen molar-refractivity contribution < 1.29 is 9.18 Å². The molecule has 0 saturated heterocycles. The molecule has 0 aliphatic carbocycles. The average molecular weight is 411 g/mol. The van der Waals surface area contributed by atoms with Gasteiger partial charge in [-0.05, 0) is 43.5 Å². The molecule has 5 nitrogen and oxygen atoms in total. The molecule has 0 aliphatic rings. The monoisotopic (exact) mass is 410 g/mol. The first-order chi connectivity index (χ1) is 12.5. The van der Waals surface area contributed by atoms with Gasteiger partial charge in [0.15, 0.2) is 11.0 Å². The van der Waals surface area contributed by atoms with Crippen LogP contribution in [0.25, 0.3) is 10.7 Å². The molecule has 0 fully saturated rings. The van der Waals surface area contributed by atoms with Crippen LogP contribution in [0.4, 0.5) is 10.1 Å². The van der Waals surface area contributed by atoms with Crippen LogP contribution in [-0.2, 0) is 11.3 Å². The highest BCUT2D eigenvalue weighted by atomic mass is 35.5. The fraction of sp³-hybridized carbons (Fsp3) is 0.235. The molecule has 3 aromatic rings. The Morgan fingerprint density at radius 1 is 1.42 bits per heavy atom. The van der Waals surface area contributed by atoms with Crippen LogP contribution in [0.2, 0.25) is 5.02 Å². The van der Waals surface area contributed by atoms with E-state index in [2.05, 4.69) is 15.5 Å². The van der Waals surface area contributed by atoms with Crippen LogP contribution in [0.5, 0.6) is 0 Å². The Kier molecular flexibility index (Phi) is 5.95. The number of benzene rings is 1. The predicted octanol–water partition coefficient (Wildman–Crippen LogP) is 4.94. The van der Waals surface area contributed by atoms with E-state index in [1.54, 1.807) is 18.3 Å². The van der Waals surface area contributed by atoms with Gasteiger partial charge >= 0.3 is 0 Å². The van der Waals surface area contributed by atoms with Gasteiger partial charge in [0.2, 0.25) is 5.91 Å². The number of amides is 1. The molecular weight excluding hydrogens is 395 g/mol. The van der Waals surface area contributed by atoms with Crippen LogP contribution < -0.4 is 5.32 Å². The number of rotatable bonds is 6. The Balaban J connectivity index is 1.72. The van der Waals surface area contributed by atoms with Crippen molar-refractivity contribution in [2.45, 2.75) is 30.8 Å². The molecule has 26 heavy (non-hydrogen) atoms. The van der Waals surface area contributed by atoms with E-state index in [9.17, 15) is 9.18 Å². The van der Waals surface area contributed by atoms with E-state index < -0.39 is 11.1 Å². The molecule has 0 spiro atoms. The summed E-state index contributed by atoms with van der Waals surface area (Å²) < 4.78 is 15.2. The molecule has 0 bridgehead atoms. The fourth-order valence-electron chi connectivity index (χ4n) is 2.28. The Morgan fingerprint density at radius 2 is 2.23 bits per heavy atom. The Morgan fingerprint density at radius 3 is 2.88 bits per heavy atom. The topological polar surface area (TPSA) is 59.8 Å². The summed E-state index contributed by atoms with van der Waals surface area (Å²) in [5, 5.41) is 13.4. The second kappa shape index (κ2) is 8.20. The van der Waals surface area contributed by atoms with Gasteiger partial charge in [0, 0.05) is 12.2 Å². The number of halogens is 2. The zero-order chi connectivity index (χ0) is 18.7. The lowest BCUT2D eigenvalue weighted by molar-refractivity contribution is -0.115. The number of carbonyl (C=O) groups is 1. The number of hydrogen-bond acceptors (Lipinski definition) is 5. The Bertz CT molecular complexity index is 914. The number of anilines is 1. The molecule has 0 aliphatic heterocycles. The lowest BCUT2D eigenvalue weighted by atomic mass is 10.3. The van der Waals surface area contributed by atoms with E-state index in [4.69, 9.17) is 11.6 Å². The van der Waals surface area contributed by atoms with Crippen LogP contribution >= 0.6 is 34.7 Å². The number of nitrogens with one attached hydrogen (secondary N) is 1. The van der Waals surface area contributed by atoms with Gasteiger partial charge in [-0.25, -0.2) is 4.39 Å². The van der Waals surface area contributed by atoms with E-state index in [0.717, 1.165) is 10.7 Å². The summed E-state index contributed by atoms with van der Waals surface area (Å²) in [4.78, 5) is 13.5. The molecule has 3 rings (SSSR count). The standard InChI is InChI=1S/C17H16ClFN4OS2/c1-3-23-15(14-5-4-8-25-14)21-22-17(23)26-10(2)16(24)20-11-6-7-13(19)12(18)9-11/h4-10H,3H2,1-2H3,(H,20,24)/t10-/m1/s1. The first-order valence-electron chi connectivity index (χ1n) is 7.89. The van der Waals surface area contributed by atoms with Crippen LogP contribution in [-0.4, -0.2) is 25.9 Å². The molecule has 2 aromatic heterocycles. The number of thioether (sulfide) groups is 1. The summed E-state index contributed by atoms with van der Waals surface area (Å²) in [5.74, 6) is 0.0492. The smallest absolute Gasteiger partial charge is 0.237 e. The van der Waals surface area contributed by atoms with Gasteiger partial charge in [0.1, 0.15) is 5.82 Å². The minimum absolute atomic E-state index is 0.0329. The highest BCUT2D eigenvalue weighted by Gasteiger charge is 2.21. The quantitative estimate of drug-likeness (QED) is 0.585. The van der Waals surface area contributed by atoms with Gasteiger partial charge in [-0.1, -0.05) is 29.4 Å². The molecule has 0 saturated carbocycles. The second-order valence-electron chi connectivity index (χ2n) is 5.41. The van der Waals surface area contributed by atoms with Crippen molar-refractivity contribution in [2.24, 2.45) is 0 Å². The summed E-state index contributed by atoms with van der Waals surface area (Å²) >= 11 is 8.66. The summed E-state index contributed by atoms with van der Waals surface area (Å²) in [5.41, 5.74) is 0.449. The van der Waals surface area contributed by atoms with Crippen LogP contribution in [0.3, 0.4) is 0 Å². The molecule has 1 amide bonds. The molecule has 1 N–H and O–H groups in total. The SMILES string of the molecule is CCn1c(S[C@H](C)C(=O)Nc2ccc(F)c(Cl)c2)nnc1-c1cccs1. The average Bonchev–Trinajstić information content (AvgIpc) is 3.27. The van der Waals surface area contributed by atoms with E-state index in [1.807, 2.05) is 29.0 Å². The minimum Gasteiger partial charge on any atom is -0.325 e. The predicted molar refractivity (Wildman–Crippen MR) is 104 cm³/mol. The Hall–Kier alpha value is -1.90. The molecule has 1 atom stereocenters. The first kappa shape index (κ1) is 18.9. The highest BCUT2D eigenvalue weighted by molar-refractivity contribution is 8.00. The summed E-state index contributed by atoms with van der Waals surface area (Å²) in [6.45, 7) is 4.49. The van der Waals surface area contributed by atoms with Crippen molar-refractivity contribution in [1.82, 2.24) is 14.8 Å². The third kappa shape index (κ3) is 4.08. The van der Waals surface area contributed by atoms with Crippen molar-refractivity contribution in [3.05, 3.63) is 46.6 Å². The van der Waals surface area contributed by atoms with E-state index in [1.165, 1.54) is 30.0 Å². The maximum Gasteiger partial charge on any atom is 0.237 e. The third-order valence-electron chi connectivity index (χ3n) is 3.61. The molecule has 0 radical (unpaired) electrons. The van der Waals surface area contributed by atoms with Gasteiger partial charge in [0.25, 0.3) is 0 Å². The number of aromatic nitrogens is 3. The van der Waals surface area contributed by atoms with Crippen LogP contribution in [0, 0.1) is 5.82 Å². The maximum atomic E-state index is 13.2. The van der Waals surface area contributed by atoms with Crippen molar-refractivity contribution in [3.8, 4) is 10.7 Å². The molecular formula is C17H16ClFN4OS2. The lowest BCUT2D eigenvalue weighted by Gasteiger charge is -2.13. The summed E-state index contributed by atoms with van der Waals surface area (Å²) in [6.07, 6.45) is 0. The zero-order valence-corrected chi connectivity index (χ0v) is 16.5. The molecule has 1 aromatic carbocycles. The van der Waals surface area contributed by atoms with Crippen molar-refractivity contribution >= 4 is 46.3 Å². The lowest BCUT2D eigenvalue weighted by Crippen LogP contribution is -2.23. The van der Waals surface area contributed by atoms with E-state index in [0.29, 0.717) is 17.4 Å². The number of thiophene rings is 1. The highest BCUT2D eigenvalue weighted by Crippen LogP contribution is 2.29. The molecule has 136 valence electrons.